The Morgan fingerprint density at radius 2 is 1.81 bits per heavy atom. The van der Waals surface area contributed by atoms with E-state index < -0.39 is 11.6 Å². The van der Waals surface area contributed by atoms with Crippen molar-refractivity contribution in [3.63, 3.8) is 0 Å². The van der Waals surface area contributed by atoms with E-state index in [9.17, 15) is 8.78 Å². The molecule has 0 radical (unpaired) electrons. The highest BCUT2D eigenvalue weighted by atomic mass is 19.1. The number of rotatable bonds is 2. The molecule has 0 bridgehead atoms. The van der Waals surface area contributed by atoms with Crippen molar-refractivity contribution in [3.05, 3.63) is 41.2 Å². The van der Waals surface area contributed by atoms with Crippen molar-refractivity contribution in [2.75, 3.05) is 11.1 Å². The van der Waals surface area contributed by atoms with E-state index in [-0.39, 0.29) is 11.1 Å². The summed E-state index contributed by atoms with van der Waals surface area (Å²) in [5.41, 5.74) is 6.35. The van der Waals surface area contributed by atoms with Crippen LogP contribution in [0.5, 0.6) is 0 Å². The van der Waals surface area contributed by atoms with Gasteiger partial charge in [0, 0.05) is 17.0 Å². The number of anilines is 3. The van der Waals surface area contributed by atoms with E-state index in [2.05, 4.69) is 15.3 Å². The van der Waals surface area contributed by atoms with Crippen molar-refractivity contribution in [1.82, 2.24) is 9.97 Å². The maximum Gasteiger partial charge on any atom is 0.149 e. The number of aromatic nitrogens is 2. The van der Waals surface area contributed by atoms with Crippen LogP contribution in [0.3, 0.4) is 0 Å². The fourth-order valence-corrected chi connectivity index (χ4v) is 1.71. The second kappa shape index (κ2) is 5.27. The molecule has 2 aromatic rings. The summed E-state index contributed by atoms with van der Waals surface area (Å²) >= 11 is 0. The van der Waals surface area contributed by atoms with E-state index in [4.69, 9.17) is 5.73 Å². The topological polar surface area (TPSA) is 63.8 Å². The predicted molar refractivity (Wildman–Crippen MR) is 79.5 cm³/mol. The first-order valence-electron chi connectivity index (χ1n) is 6.55. The highest BCUT2D eigenvalue weighted by Crippen LogP contribution is 2.27. The summed E-state index contributed by atoms with van der Waals surface area (Å²) in [6.45, 7) is 7.61. The second-order valence-corrected chi connectivity index (χ2v) is 5.91. The Bertz CT molecular complexity index is 678. The zero-order valence-corrected chi connectivity index (χ0v) is 12.5. The largest absolute Gasteiger partial charge is 0.383 e. The third kappa shape index (κ3) is 3.26. The van der Waals surface area contributed by atoms with Gasteiger partial charge in [-0.25, -0.2) is 18.7 Å². The Balaban J connectivity index is 2.46. The number of nitrogens with two attached hydrogens (primary N) is 1. The molecule has 0 atom stereocenters. The minimum Gasteiger partial charge on any atom is -0.383 e. The van der Waals surface area contributed by atoms with E-state index in [0.717, 1.165) is 6.07 Å². The van der Waals surface area contributed by atoms with Gasteiger partial charge < -0.3 is 11.1 Å². The molecule has 0 saturated heterocycles. The number of hydrogen-bond donors (Lipinski definition) is 2. The van der Waals surface area contributed by atoms with Gasteiger partial charge in [-0.3, -0.25) is 0 Å². The SMILES string of the molecule is Cc1c(N)nc(C(C)(C)C)nc1Nc1ccc(F)cc1F. The number of hydrogen-bond acceptors (Lipinski definition) is 4. The van der Waals surface area contributed by atoms with Gasteiger partial charge in [0.1, 0.15) is 29.1 Å². The zero-order chi connectivity index (χ0) is 15.8. The molecule has 0 unspecified atom stereocenters. The van der Waals surface area contributed by atoms with Gasteiger partial charge in [-0.15, -0.1) is 0 Å². The van der Waals surface area contributed by atoms with E-state index in [0.29, 0.717) is 23.0 Å². The van der Waals surface area contributed by atoms with Gasteiger partial charge in [0.25, 0.3) is 0 Å². The summed E-state index contributed by atoms with van der Waals surface area (Å²) in [7, 11) is 0. The number of benzene rings is 1. The summed E-state index contributed by atoms with van der Waals surface area (Å²) < 4.78 is 26.7. The van der Waals surface area contributed by atoms with Crippen molar-refractivity contribution in [2.24, 2.45) is 0 Å². The molecule has 0 amide bonds. The first-order valence-corrected chi connectivity index (χ1v) is 6.55. The van der Waals surface area contributed by atoms with Gasteiger partial charge in [-0.05, 0) is 19.1 Å². The molecular weight excluding hydrogens is 274 g/mol. The summed E-state index contributed by atoms with van der Waals surface area (Å²) in [5.74, 6) is -0.0234. The lowest BCUT2D eigenvalue weighted by atomic mass is 9.95. The smallest absolute Gasteiger partial charge is 0.149 e. The summed E-state index contributed by atoms with van der Waals surface area (Å²) in [5, 5.41) is 2.85. The Morgan fingerprint density at radius 3 is 2.38 bits per heavy atom. The molecule has 0 fully saturated rings. The van der Waals surface area contributed by atoms with Crippen molar-refractivity contribution < 1.29 is 8.78 Å². The molecule has 6 heteroatoms. The van der Waals surface area contributed by atoms with Crippen LogP contribution in [0.15, 0.2) is 18.2 Å². The third-order valence-electron chi connectivity index (χ3n) is 3.04. The molecule has 0 aliphatic heterocycles. The van der Waals surface area contributed by atoms with Crippen LogP contribution in [0.4, 0.5) is 26.1 Å². The average molecular weight is 292 g/mol. The number of nitrogens with zero attached hydrogens (tertiary/aromatic N) is 2. The van der Waals surface area contributed by atoms with E-state index in [1.165, 1.54) is 12.1 Å². The molecule has 1 aromatic carbocycles. The van der Waals surface area contributed by atoms with Crippen LogP contribution < -0.4 is 11.1 Å². The summed E-state index contributed by atoms with van der Waals surface area (Å²) in [6.07, 6.45) is 0. The molecular formula is C15H18F2N4. The minimum atomic E-state index is -0.691. The molecule has 112 valence electrons. The predicted octanol–water partition coefficient (Wildman–Crippen LogP) is 3.69. The first-order chi connectivity index (χ1) is 9.68. The van der Waals surface area contributed by atoms with Gasteiger partial charge in [0.2, 0.25) is 0 Å². The van der Waals surface area contributed by atoms with E-state index >= 15 is 0 Å². The molecule has 0 aliphatic rings. The van der Waals surface area contributed by atoms with Crippen molar-refractivity contribution in [2.45, 2.75) is 33.1 Å². The second-order valence-electron chi connectivity index (χ2n) is 5.91. The van der Waals surface area contributed by atoms with Crippen LogP contribution >= 0.6 is 0 Å². The quantitative estimate of drug-likeness (QED) is 0.886. The fraction of sp³-hybridized carbons (Fsp3) is 0.333. The Morgan fingerprint density at radius 1 is 1.14 bits per heavy atom. The molecule has 0 aliphatic carbocycles. The Kier molecular flexibility index (Phi) is 3.80. The van der Waals surface area contributed by atoms with Crippen molar-refractivity contribution >= 4 is 17.3 Å². The fourth-order valence-electron chi connectivity index (χ4n) is 1.71. The highest BCUT2D eigenvalue weighted by molar-refractivity contribution is 5.64. The van der Waals surface area contributed by atoms with Crippen molar-refractivity contribution in [3.8, 4) is 0 Å². The van der Waals surface area contributed by atoms with Crippen LogP contribution in [0, 0.1) is 18.6 Å². The molecule has 4 nitrogen and oxygen atoms in total. The monoisotopic (exact) mass is 292 g/mol. The molecule has 0 saturated carbocycles. The number of halogens is 2. The standard InChI is InChI=1S/C15H18F2N4/c1-8-12(18)20-14(15(2,3)4)21-13(8)19-11-6-5-9(16)7-10(11)17/h5-7H,1-4H3,(H3,18,19,20,21). The Hall–Kier alpha value is -2.24. The Labute approximate surface area is 122 Å². The van der Waals surface area contributed by atoms with Crippen LogP contribution in [0.1, 0.15) is 32.2 Å². The maximum atomic E-state index is 13.7. The third-order valence-corrected chi connectivity index (χ3v) is 3.04. The zero-order valence-electron chi connectivity index (χ0n) is 12.5. The molecule has 2 rings (SSSR count). The normalized spacial score (nSPS) is 11.5. The highest BCUT2D eigenvalue weighted by Gasteiger charge is 2.20. The summed E-state index contributed by atoms with van der Waals surface area (Å²) in [4.78, 5) is 8.66. The van der Waals surface area contributed by atoms with Gasteiger partial charge in [-0.2, -0.15) is 0 Å². The van der Waals surface area contributed by atoms with Gasteiger partial charge in [-0.1, -0.05) is 20.8 Å². The lowest BCUT2D eigenvalue weighted by Gasteiger charge is -2.20. The van der Waals surface area contributed by atoms with Gasteiger partial charge in [0.05, 0.1) is 5.69 Å². The average Bonchev–Trinajstić information content (AvgIpc) is 2.36. The van der Waals surface area contributed by atoms with E-state index in [1.807, 2.05) is 20.8 Å². The van der Waals surface area contributed by atoms with E-state index in [1.54, 1.807) is 6.92 Å². The molecule has 1 aromatic heterocycles. The van der Waals surface area contributed by atoms with Crippen LogP contribution in [0.2, 0.25) is 0 Å². The lowest BCUT2D eigenvalue weighted by molar-refractivity contribution is 0.546. The molecule has 0 spiro atoms. The number of nitrogens with one attached hydrogen (secondary N) is 1. The maximum absolute atomic E-state index is 13.7. The summed E-state index contributed by atoms with van der Waals surface area (Å²) in [6, 6.07) is 3.31. The lowest BCUT2D eigenvalue weighted by Crippen LogP contribution is -2.19. The van der Waals surface area contributed by atoms with Crippen LogP contribution in [-0.4, -0.2) is 9.97 Å². The van der Waals surface area contributed by atoms with Crippen molar-refractivity contribution in [1.29, 1.82) is 0 Å². The minimum absolute atomic E-state index is 0.137. The van der Waals surface area contributed by atoms with Crippen LogP contribution in [0.25, 0.3) is 0 Å². The van der Waals surface area contributed by atoms with Gasteiger partial charge >= 0.3 is 0 Å². The van der Waals surface area contributed by atoms with Gasteiger partial charge in [0.15, 0.2) is 0 Å². The number of nitrogen functional groups attached to an aromatic ring is 1. The molecule has 1 heterocycles. The molecule has 21 heavy (non-hydrogen) atoms. The molecule has 3 N–H and O–H groups in total. The first kappa shape index (κ1) is 15.2. The van der Waals surface area contributed by atoms with Crippen LogP contribution in [-0.2, 0) is 5.41 Å².